The molecule has 7 nitrogen and oxygen atoms in total. The smallest absolute Gasteiger partial charge is 0.191 e. The topological polar surface area (TPSA) is 70.4 Å². The Morgan fingerprint density at radius 2 is 1.81 bits per heavy atom. The highest BCUT2D eigenvalue weighted by molar-refractivity contribution is 5.80. The first-order chi connectivity index (χ1) is 15.2. The van der Waals surface area contributed by atoms with Crippen LogP contribution in [0.25, 0.3) is 0 Å². The van der Waals surface area contributed by atoms with Crippen molar-refractivity contribution < 1.29 is 0 Å². The van der Waals surface area contributed by atoms with E-state index in [1.165, 1.54) is 63.6 Å². The number of hydrogen-bond donors (Lipinski definition) is 2. The normalized spacial score (nSPS) is 19.5. The van der Waals surface area contributed by atoms with Crippen molar-refractivity contribution in [3.05, 3.63) is 47.5 Å². The highest BCUT2D eigenvalue weighted by atomic mass is 15.3. The summed E-state index contributed by atoms with van der Waals surface area (Å²) in [7, 11) is 2.00. The molecule has 1 aliphatic carbocycles. The van der Waals surface area contributed by atoms with Crippen LogP contribution in [0.2, 0.25) is 0 Å². The molecule has 4 rings (SSSR count). The van der Waals surface area contributed by atoms with E-state index < -0.39 is 0 Å². The van der Waals surface area contributed by atoms with Gasteiger partial charge < -0.3 is 15.2 Å². The molecule has 1 atom stereocenters. The maximum Gasteiger partial charge on any atom is 0.191 e. The van der Waals surface area contributed by atoms with Crippen molar-refractivity contribution in [2.24, 2.45) is 12.0 Å². The van der Waals surface area contributed by atoms with Crippen molar-refractivity contribution in [1.29, 1.82) is 0 Å². The second-order valence-electron chi connectivity index (χ2n) is 8.92. The molecule has 2 aliphatic rings. The lowest BCUT2D eigenvalue weighted by atomic mass is 9.96. The van der Waals surface area contributed by atoms with Gasteiger partial charge in [0.2, 0.25) is 0 Å². The lowest BCUT2D eigenvalue weighted by Crippen LogP contribution is -2.47. The highest BCUT2D eigenvalue weighted by Gasteiger charge is 2.24. The average Bonchev–Trinajstić information content (AvgIpc) is 3.44. The van der Waals surface area contributed by atoms with Crippen LogP contribution in [-0.4, -0.2) is 51.3 Å². The third-order valence-corrected chi connectivity index (χ3v) is 6.74. The average molecular weight is 424 g/mol. The van der Waals surface area contributed by atoms with Gasteiger partial charge in [0, 0.05) is 19.6 Å². The number of likely N-dealkylation sites (tertiary alicyclic amines) is 1. The second-order valence-corrected chi connectivity index (χ2v) is 8.92. The van der Waals surface area contributed by atoms with Gasteiger partial charge in [-0.25, -0.2) is 4.99 Å². The number of guanidine groups is 1. The molecular weight excluding hydrogens is 386 g/mol. The first-order valence-electron chi connectivity index (χ1n) is 11.9. The van der Waals surface area contributed by atoms with Crippen molar-refractivity contribution in [3.63, 3.8) is 0 Å². The molecule has 0 bridgehead atoms. The maximum absolute atomic E-state index is 4.91. The summed E-state index contributed by atoms with van der Waals surface area (Å²) in [5.41, 5.74) is 1.37. The molecule has 2 N–H and O–H groups in total. The van der Waals surface area contributed by atoms with Crippen LogP contribution in [-0.2, 0) is 13.6 Å². The van der Waals surface area contributed by atoms with Crippen LogP contribution in [0, 0.1) is 6.92 Å². The molecule has 2 fully saturated rings. The van der Waals surface area contributed by atoms with E-state index in [4.69, 9.17) is 4.99 Å². The van der Waals surface area contributed by atoms with E-state index in [1.807, 2.05) is 18.5 Å². The van der Waals surface area contributed by atoms with Crippen LogP contribution in [0.15, 0.2) is 35.3 Å². The molecule has 1 unspecified atom stereocenters. The molecule has 31 heavy (non-hydrogen) atoms. The Morgan fingerprint density at radius 1 is 1.06 bits per heavy atom. The van der Waals surface area contributed by atoms with Crippen LogP contribution in [0.3, 0.4) is 0 Å². The monoisotopic (exact) mass is 423 g/mol. The Kier molecular flexibility index (Phi) is 7.57. The summed E-state index contributed by atoms with van der Waals surface area (Å²) in [5, 5.41) is 15.8. The van der Waals surface area contributed by atoms with Gasteiger partial charge in [-0.15, -0.1) is 10.2 Å². The van der Waals surface area contributed by atoms with Gasteiger partial charge in [-0.2, -0.15) is 0 Å². The molecule has 2 aromatic rings. The van der Waals surface area contributed by atoms with Crippen molar-refractivity contribution >= 4 is 5.96 Å². The molecule has 2 heterocycles. The number of aryl methyl sites for hydroxylation is 1. The number of aromatic nitrogens is 3. The quantitative estimate of drug-likeness (QED) is 0.528. The third-order valence-electron chi connectivity index (χ3n) is 6.74. The van der Waals surface area contributed by atoms with Gasteiger partial charge in [0.1, 0.15) is 12.4 Å². The van der Waals surface area contributed by atoms with E-state index in [0.29, 0.717) is 18.6 Å². The fourth-order valence-corrected chi connectivity index (χ4v) is 4.71. The largest absolute Gasteiger partial charge is 0.354 e. The van der Waals surface area contributed by atoms with Crippen molar-refractivity contribution in [2.75, 3.05) is 19.6 Å². The Hall–Kier alpha value is -2.41. The van der Waals surface area contributed by atoms with E-state index in [0.717, 1.165) is 24.2 Å². The zero-order valence-electron chi connectivity index (χ0n) is 19.1. The zero-order valence-corrected chi connectivity index (χ0v) is 19.1. The Labute approximate surface area is 186 Å². The zero-order chi connectivity index (χ0) is 21.5. The van der Waals surface area contributed by atoms with Crippen molar-refractivity contribution in [2.45, 2.75) is 70.5 Å². The molecule has 168 valence electrons. The summed E-state index contributed by atoms with van der Waals surface area (Å²) in [5.74, 6) is 2.70. The van der Waals surface area contributed by atoms with E-state index in [1.54, 1.807) is 0 Å². The second kappa shape index (κ2) is 10.8. The van der Waals surface area contributed by atoms with Crippen LogP contribution < -0.4 is 10.6 Å². The Balaban J connectivity index is 1.47. The van der Waals surface area contributed by atoms with E-state index in [-0.39, 0.29) is 0 Å². The summed E-state index contributed by atoms with van der Waals surface area (Å²) in [4.78, 5) is 7.51. The molecule has 1 saturated carbocycles. The SMILES string of the molecule is Cc1nnc(CN=C(NCC(c2ccccc2)N2CCCC2)NC2CCCCC2)n1C. The Bertz CT molecular complexity index is 833. The van der Waals surface area contributed by atoms with Crippen LogP contribution >= 0.6 is 0 Å². The van der Waals surface area contributed by atoms with Crippen LogP contribution in [0.4, 0.5) is 0 Å². The van der Waals surface area contributed by atoms with Gasteiger partial charge in [0.25, 0.3) is 0 Å². The number of hydrogen-bond acceptors (Lipinski definition) is 4. The predicted molar refractivity (Wildman–Crippen MR) is 125 cm³/mol. The van der Waals surface area contributed by atoms with Crippen LogP contribution in [0.1, 0.15) is 68.2 Å². The standard InChI is InChI=1S/C24H37N7/c1-19-28-29-23(30(19)2)18-26-24(27-21-13-7-4-8-14-21)25-17-22(31-15-9-10-16-31)20-11-5-3-6-12-20/h3,5-6,11-12,21-22H,4,7-10,13-18H2,1-2H3,(H2,25,26,27). The molecule has 1 aliphatic heterocycles. The molecule has 1 saturated heterocycles. The van der Waals surface area contributed by atoms with Gasteiger partial charge in [-0.1, -0.05) is 49.6 Å². The molecule has 1 aromatic heterocycles. The minimum Gasteiger partial charge on any atom is -0.354 e. The van der Waals surface area contributed by atoms with Gasteiger partial charge in [0.15, 0.2) is 11.8 Å². The lowest BCUT2D eigenvalue weighted by molar-refractivity contribution is 0.245. The molecule has 1 aromatic carbocycles. The highest BCUT2D eigenvalue weighted by Crippen LogP contribution is 2.24. The van der Waals surface area contributed by atoms with Crippen molar-refractivity contribution in [1.82, 2.24) is 30.3 Å². The summed E-state index contributed by atoms with van der Waals surface area (Å²) < 4.78 is 2.01. The number of nitrogens with one attached hydrogen (secondary N) is 2. The van der Waals surface area contributed by atoms with E-state index >= 15 is 0 Å². The molecule has 7 heteroatoms. The number of benzene rings is 1. The van der Waals surface area contributed by atoms with Gasteiger partial charge in [-0.3, -0.25) is 4.90 Å². The Morgan fingerprint density at radius 3 is 2.48 bits per heavy atom. The molecule has 0 spiro atoms. The lowest BCUT2D eigenvalue weighted by Gasteiger charge is -2.30. The summed E-state index contributed by atoms with van der Waals surface area (Å²) in [6.45, 7) is 5.68. The van der Waals surface area contributed by atoms with E-state index in [2.05, 4.69) is 56.1 Å². The van der Waals surface area contributed by atoms with Gasteiger partial charge in [0.05, 0.1) is 6.04 Å². The number of rotatable bonds is 7. The predicted octanol–water partition coefficient (Wildman–Crippen LogP) is 3.33. The minimum atomic E-state index is 0.360. The first kappa shape index (κ1) is 21.8. The van der Waals surface area contributed by atoms with Gasteiger partial charge >= 0.3 is 0 Å². The molecule has 0 amide bonds. The fraction of sp³-hybridized carbons (Fsp3) is 0.625. The maximum atomic E-state index is 4.91. The first-order valence-corrected chi connectivity index (χ1v) is 11.9. The summed E-state index contributed by atoms with van der Waals surface area (Å²) in [6, 6.07) is 11.7. The number of nitrogens with zero attached hydrogens (tertiary/aromatic N) is 5. The summed E-state index contributed by atoms with van der Waals surface area (Å²) in [6.07, 6.45) is 8.96. The van der Waals surface area contributed by atoms with Crippen LogP contribution in [0.5, 0.6) is 0 Å². The molecular formula is C24H37N7. The fourth-order valence-electron chi connectivity index (χ4n) is 4.71. The third kappa shape index (κ3) is 5.85. The number of aliphatic imine (C=N–C) groups is 1. The minimum absolute atomic E-state index is 0.360. The van der Waals surface area contributed by atoms with E-state index in [9.17, 15) is 0 Å². The summed E-state index contributed by atoms with van der Waals surface area (Å²) >= 11 is 0. The van der Waals surface area contributed by atoms with Gasteiger partial charge in [-0.05, 0) is 51.3 Å². The van der Waals surface area contributed by atoms with Crippen molar-refractivity contribution in [3.8, 4) is 0 Å². The molecule has 0 radical (unpaired) electrons.